The molecule has 0 saturated carbocycles. The zero-order chi connectivity index (χ0) is 13.8. The number of rotatable bonds is 5. The van der Waals surface area contributed by atoms with Crippen LogP contribution in [-0.4, -0.2) is 22.0 Å². The summed E-state index contributed by atoms with van der Waals surface area (Å²) in [5.74, 6) is 1.22. The van der Waals surface area contributed by atoms with Gasteiger partial charge in [-0.3, -0.25) is 4.79 Å². The second-order valence-electron chi connectivity index (χ2n) is 4.46. The lowest BCUT2D eigenvalue weighted by Gasteiger charge is -2.07. The van der Waals surface area contributed by atoms with Crippen LogP contribution in [-0.2, 0) is 17.2 Å². The van der Waals surface area contributed by atoms with Crippen LogP contribution in [0, 0.1) is 6.92 Å². The highest BCUT2D eigenvalue weighted by Crippen LogP contribution is 2.21. The number of alkyl halides is 1. The van der Waals surface area contributed by atoms with E-state index < -0.39 is 0 Å². The lowest BCUT2D eigenvalue weighted by Crippen LogP contribution is -2.24. The fourth-order valence-corrected chi connectivity index (χ4v) is 2.39. The summed E-state index contributed by atoms with van der Waals surface area (Å²) >= 11 is 5.95. The van der Waals surface area contributed by atoms with Crippen LogP contribution in [0.5, 0.6) is 0 Å². The number of amides is 1. The fourth-order valence-electron chi connectivity index (χ4n) is 2.19. The Balaban J connectivity index is 2.30. The molecular formula is C14H18ClN3O. The molecule has 0 aliphatic carbocycles. The van der Waals surface area contributed by atoms with Gasteiger partial charge in [-0.2, -0.15) is 0 Å². The van der Waals surface area contributed by atoms with Crippen LogP contribution in [0.1, 0.15) is 24.7 Å². The molecule has 0 aliphatic rings. The van der Waals surface area contributed by atoms with Crippen molar-refractivity contribution in [3.63, 3.8) is 0 Å². The molecule has 2 rings (SSSR count). The Bertz CT molecular complexity index is 592. The average Bonchev–Trinajstić information content (AvgIpc) is 2.76. The molecule has 0 unspecified atom stereocenters. The number of para-hydroxylation sites is 1. The van der Waals surface area contributed by atoms with Gasteiger partial charge in [0.15, 0.2) is 0 Å². The third kappa shape index (κ3) is 2.89. The van der Waals surface area contributed by atoms with Crippen LogP contribution in [0.15, 0.2) is 18.2 Å². The van der Waals surface area contributed by atoms with E-state index in [1.807, 2.05) is 36.6 Å². The second-order valence-corrected chi connectivity index (χ2v) is 4.73. The highest BCUT2D eigenvalue weighted by molar-refractivity contribution is 6.16. The highest BCUT2D eigenvalue weighted by atomic mass is 35.5. The van der Waals surface area contributed by atoms with Crippen molar-refractivity contribution in [2.45, 2.75) is 32.7 Å². The van der Waals surface area contributed by atoms with Gasteiger partial charge in [0.1, 0.15) is 5.82 Å². The minimum absolute atomic E-state index is 0.0533. The van der Waals surface area contributed by atoms with Gasteiger partial charge < -0.3 is 9.88 Å². The van der Waals surface area contributed by atoms with Gasteiger partial charge in [0, 0.05) is 19.5 Å². The summed E-state index contributed by atoms with van der Waals surface area (Å²) in [6, 6.07) is 6.05. The first-order chi connectivity index (χ1) is 9.17. The quantitative estimate of drug-likeness (QED) is 0.855. The molecule has 0 fully saturated rings. The van der Waals surface area contributed by atoms with E-state index in [0.29, 0.717) is 25.4 Å². The molecule has 2 aromatic rings. The zero-order valence-corrected chi connectivity index (χ0v) is 12.0. The molecule has 0 bridgehead atoms. The molecule has 19 heavy (non-hydrogen) atoms. The molecule has 0 atom stereocenters. The summed E-state index contributed by atoms with van der Waals surface area (Å²) in [5.41, 5.74) is 3.13. The number of nitrogens with one attached hydrogen (secondary N) is 1. The molecule has 5 heteroatoms. The Kier molecular flexibility index (Phi) is 4.43. The minimum atomic E-state index is 0.0533. The number of hydrogen-bond acceptors (Lipinski definition) is 2. The highest BCUT2D eigenvalue weighted by Gasteiger charge is 2.12. The number of nitrogens with zero attached hydrogens (tertiary/aromatic N) is 2. The normalized spacial score (nSPS) is 10.9. The topological polar surface area (TPSA) is 46.9 Å². The molecule has 0 radical (unpaired) electrons. The van der Waals surface area contributed by atoms with E-state index in [-0.39, 0.29) is 5.91 Å². The number of aryl methyl sites for hydroxylation is 2. The van der Waals surface area contributed by atoms with Gasteiger partial charge in [0.25, 0.3) is 0 Å². The number of hydrogen-bond donors (Lipinski definition) is 1. The zero-order valence-electron chi connectivity index (χ0n) is 11.2. The summed E-state index contributed by atoms with van der Waals surface area (Å²) in [6.45, 7) is 5.21. The van der Waals surface area contributed by atoms with E-state index in [4.69, 9.17) is 11.6 Å². The Morgan fingerprint density at radius 1 is 1.47 bits per heavy atom. The number of carbonyl (C=O) groups excluding carboxylic acids is 1. The SMILES string of the molecule is CCNC(=O)CCn1c(CCl)nc2c(C)cccc21. The molecule has 1 N–H and O–H groups in total. The number of carbonyl (C=O) groups is 1. The molecule has 4 nitrogen and oxygen atoms in total. The van der Waals surface area contributed by atoms with Crippen LogP contribution < -0.4 is 5.32 Å². The number of benzene rings is 1. The van der Waals surface area contributed by atoms with Gasteiger partial charge in [-0.05, 0) is 25.5 Å². The molecule has 0 aliphatic heterocycles. The predicted molar refractivity (Wildman–Crippen MR) is 77.3 cm³/mol. The molecule has 0 saturated heterocycles. The summed E-state index contributed by atoms with van der Waals surface area (Å²) in [7, 11) is 0. The van der Waals surface area contributed by atoms with Gasteiger partial charge in [0.2, 0.25) is 5.91 Å². The lowest BCUT2D eigenvalue weighted by molar-refractivity contribution is -0.121. The first-order valence-electron chi connectivity index (χ1n) is 6.44. The first kappa shape index (κ1) is 13.9. The summed E-state index contributed by atoms with van der Waals surface area (Å²) in [4.78, 5) is 16.1. The van der Waals surface area contributed by atoms with Crippen molar-refractivity contribution in [1.82, 2.24) is 14.9 Å². The Morgan fingerprint density at radius 3 is 2.95 bits per heavy atom. The maximum absolute atomic E-state index is 11.6. The number of imidazole rings is 1. The van der Waals surface area contributed by atoms with Crippen molar-refractivity contribution in [3.05, 3.63) is 29.6 Å². The number of aromatic nitrogens is 2. The fraction of sp³-hybridized carbons (Fsp3) is 0.429. The standard InChI is InChI=1S/C14H18ClN3O/c1-3-16-13(19)7-8-18-11-6-4-5-10(2)14(11)17-12(18)9-15/h4-6H,3,7-9H2,1-2H3,(H,16,19). The van der Waals surface area contributed by atoms with E-state index in [2.05, 4.69) is 10.3 Å². The summed E-state index contributed by atoms with van der Waals surface area (Å²) in [6.07, 6.45) is 0.442. The third-order valence-electron chi connectivity index (χ3n) is 3.12. The second kappa shape index (κ2) is 6.06. The van der Waals surface area contributed by atoms with Crippen LogP contribution in [0.2, 0.25) is 0 Å². The van der Waals surface area contributed by atoms with E-state index in [0.717, 1.165) is 22.4 Å². The largest absolute Gasteiger partial charge is 0.356 e. The van der Waals surface area contributed by atoms with E-state index in [9.17, 15) is 4.79 Å². The van der Waals surface area contributed by atoms with E-state index in [1.54, 1.807) is 0 Å². The van der Waals surface area contributed by atoms with Crippen LogP contribution in [0.3, 0.4) is 0 Å². The van der Waals surface area contributed by atoms with Crippen LogP contribution in [0.25, 0.3) is 11.0 Å². The van der Waals surface area contributed by atoms with Crippen molar-refractivity contribution >= 4 is 28.5 Å². The lowest BCUT2D eigenvalue weighted by atomic mass is 10.2. The smallest absolute Gasteiger partial charge is 0.221 e. The van der Waals surface area contributed by atoms with Crippen molar-refractivity contribution in [1.29, 1.82) is 0 Å². The maximum atomic E-state index is 11.6. The average molecular weight is 280 g/mol. The predicted octanol–water partition coefficient (Wildman–Crippen LogP) is 2.61. The van der Waals surface area contributed by atoms with Gasteiger partial charge in [-0.1, -0.05) is 12.1 Å². The molecule has 0 spiro atoms. The Morgan fingerprint density at radius 2 is 2.26 bits per heavy atom. The van der Waals surface area contributed by atoms with Crippen molar-refractivity contribution in [2.75, 3.05) is 6.54 Å². The Hall–Kier alpha value is -1.55. The van der Waals surface area contributed by atoms with Gasteiger partial charge in [0.05, 0.1) is 16.9 Å². The molecule has 1 amide bonds. The summed E-state index contributed by atoms with van der Waals surface area (Å²) < 4.78 is 2.03. The molecule has 1 aromatic carbocycles. The third-order valence-corrected chi connectivity index (χ3v) is 3.35. The van der Waals surface area contributed by atoms with Crippen molar-refractivity contribution < 1.29 is 4.79 Å². The molecule has 1 heterocycles. The van der Waals surface area contributed by atoms with E-state index >= 15 is 0 Å². The first-order valence-corrected chi connectivity index (χ1v) is 6.98. The van der Waals surface area contributed by atoms with Crippen molar-refractivity contribution in [2.24, 2.45) is 0 Å². The minimum Gasteiger partial charge on any atom is -0.356 e. The molecule has 102 valence electrons. The van der Waals surface area contributed by atoms with Gasteiger partial charge in [-0.15, -0.1) is 11.6 Å². The van der Waals surface area contributed by atoms with Crippen molar-refractivity contribution in [3.8, 4) is 0 Å². The summed E-state index contributed by atoms with van der Waals surface area (Å²) in [5, 5.41) is 2.80. The number of fused-ring (bicyclic) bond motifs is 1. The maximum Gasteiger partial charge on any atom is 0.221 e. The molecular weight excluding hydrogens is 262 g/mol. The van der Waals surface area contributed by atoms with E-state index in [1.165, 1.54) is 0 Å². The van der Waals surface area contributed by atoms with Crippen LogP contribution >= 0.6 is 11.6 Å². The number of halogens is 1. The molecule has 1 aromatic heterocycles. The Labute approximate surface area is 117 Å². The van der Waals surface area contributed by atoms with Gasteiger partial charge in [-0.25, -0.2) is 4.98 Å². The van der Waals surface area contributed by atoms with Gasteiger partial charge >= 0.3 is 0 Å². The monoisotopic (exact) mass is 279 g/mol. The van der Waals surface area contributed by atoms with Crippen LogP contribution in [0.4, 0.5) is 0 Å².